The zero-order valence-corrected chi connectivity index (χ0v) is 14.6. The first-order valence-electron chi connectivity index (χ1n) is 8.53. The van der Waals surface area contributed by atoms with E-state index >= 15 is 0 Å². The van der Waals surface area contributed by atoms with E-state index in [-0.39, 0.29) is 0 Å². The van der Waals surface area contributed by atoms with Crippen LogP contribution < -0.4 is 10.2 Å². The summed E-state index contributed by atoms with van der Waals surface area (Å²) >= 11 is 1.90. The van der Waals surface area contributed by atoms with E-state index in [9.17, 15) is 0 Å². The van der Waals surface area contributed by atoms with Gasteiger partial charge in [-0.3, -0.25) is 0 Å². The van der Waals surface area contributed by atoms with E-state index < -0.39 is 0 Å². The maximum atomic E-state index is 4.97. The average Bonchev–Trinajstić information content (AvgIpc) is 3.08. The lowest BCUT2D eigenvalue weighted by molar-refractivity contribution is 0.226. The van der Waals surface area contributed by atoms with Crippen molar-refractivity contribution in [3.05, 3.63) is 10.6 Å². The number of hydrogen-bond acceptors (Lipinski definition) is 4. The molecule has 0 bridgehead atoms. The molecule has 0 radical (unpaired) electrons. The zero-order chi connectivity index (χ0) is 14.9. The Hall–Kier alpha value is -0.610. The molecular formula is C17H29N3S. The van der Waals surface area contributed by atoms with Crippen molar-refractivity contribution in [3.63, 3.8) is 0 Å². The normalized spacial score (nSPS) is 21.6. The summed E-state index contributed by atoms with van der Waals surface area (Å²) in [6, 6.07) is 0. The summed E-state index contributed by atoms with van der Waals surface area (Å²) in [6.45, 7) is 7.88. The molecule has 118 valence electrons. The van der Waals surface area contributed by atoms with E-state index in [2.05, 4.69) is 24.1 Å². The number of nitrogens with zero attached hydrogens (tertiary/aromatic N) is 2. The van der Waals surface area contributed by atoms with Crippen LogP contribution in [0.15, 0.2) is 0 Å². The number of aromatic nitrogens is 1. The Morgan fingerprint density at radius 1 is 1.19 bits per heavy atom. The lowest BCUT2D eigenvalue weighted by atomic mass is 9.77. The smallest absolute Gasteiger partial charge is 0.185 e. The van der Waals surface area contributed by atoms with Crippen LogP contribution >= 0.6 is 11.3 Å². The Bertz CT molecular complexity index is 464. The maximum absolute atomic E-state index is 4.97. The fraction of sp³-hybridized carbons (Fsp3) is 0.824. The molecule has 2 heterocycles. The molecular weight excluding hydrogens is 278 g/mol. The van der Waals surface area contributed by atoms with Crippen LogP contribution in [0.5, 0.6) is 0 Å². The van der Waals surface area contributed by atoms with Gasteiger partial charge in [0.2, 0.25) is 0 Å². The topological polar surface area (TPSA) is 28.2 Å². The molecule has 1 aliphatic heterocycles. The summed E-state index contributed by atoms with van der Waals surface area (Å²) in [4.78, 5) is 8.93. The van der Waals surface area contributed by atoms with Crippen LogP contribution in [0.1, 0.15) is 68.9 Å². The molecule has 0 amide bonds. The molecule has 1 saturated heterocycles. The van der Waals surface area contributed by atoms with Crippen molar-refractivity contribution in [2.24, 2.45) is 5.41 Å². The van der Waals surface area contributed by atoms with Crippen molar-refractivity contribution in [3.8, 4) is 0 Å². The van der Waals surface area contributed by atoms with Crippen LogP contribution in [-0.2, 0) is 6.54 Å². The van der Waals surface area contributed by atoms with E-state index in [0.29, 0.717) is 11.3 Å². The van der Waals surface area contributed by atoms with Gasteiger partial charge in [0.25, 0.3) is 0 Å². The second-order valence-electron chi connectivity index (χ2n) is 7.18. The van der Waals surface area contributed by atoms with Crippen LogP contribution in [-0.4, -0.2) is 25.1 Å². The van der Waals surface area contributed by atoms with Gasteiger partial charge >= 0.3 is 0 Å². The van der Waals surface area contributed by atoms with Gasteiger partial charge in [-0.25, -0.2) is 4.98 Å². The first-order valence-corrected chi connectivity index (χ1v) is 9.34. The molecule has 2 aliphatic rings. The highest BCUT2D eigenvalue weighted by Gasteiger charge is 2.37. The first kappa shape index (κ1) is 15.3. The van der Waals surface area contributed by atoms with E-state index in [1.54, 1.807) is 0 Å². The number of piperidine rings is 1. The Kier molecular flexibility index (Phi) is 4.55. The molecule has 3 rings (SSSR count). The van der Waals surface area contributed by atoms with Crippen molar-refractivity contribution in [2.45, 2.75) is 64.8 Å². The van der Waals surface area contributed by atoms with Crippen LogP contribution in [0, 0.1) is 5.41 Å². The number of thiazole rings is 1. The fourth-order valence-electron chi connectivity index (χ4n) is 4.02. The highest BCUT2D eigenvalue weighted by atomic mass is 32.1. The van der Waals surface area contributed by atoms with Crippen molar-refractivity contribution in [1.29, 1.82) is 0 Å². The van der Waals surface area contributed by atoms with Crippen molar-refractivity contribution >= 4 is 16.5 Å². The molecule has 3 nitrogen and oxygen atoms in total. The van der Waals surface area contributed by atoms with Crippen LogP contribution in [0.4, 0.5) is 5.13 Å². The summed E-state index contributed by atoms with van der Waals surface area (Å²) in [5, 5.41) is 4.55. The van der Waals surface area contributed by atoms with Crippen LogP contribution in [0.25, 0.3) is 0 Å². The monoisotopic (exact) mass is 307 g/mol. The average molecular weight is 308 g/mol. The molecule has 1 spiro atoms. The van der Waals surface area contributed by atoms with Crippen LogP contribution in [0.3, 0.4) is 0 Å². The highest BCUT2D eigenvalue weighted by molar-refractivity contribution is 7.15. The van der Waals surface area contributed by atoms with Gasteiger partial charge in [0.15, 0.2) is 5.13 Å². The summed E-state index contributed by atoms with van der Waals surface area (Å²) in [5.74, 6) is 0.518. The van der Waals surface area contributed by atoms with Crippen LogP contribution in [0.2, 0.25) is 0 Å². The maximum Gasteiger partial charge on any atom is 0.185 e. The van der Waals surface area contributed by atoms with Gasteiger partial charge in [0, 0.05) is 24.5 Å². The third-order valence-electron chi connectivity index (χ3n) is 5.36. The Labute approximate surface area is 133 Å². The van der Waals surface area contributed by atoms with Gasteiger partial charge in [-0.05, 0) is 44.1 Å². The summed E-state index contributed by atoms with van der Waals surface area (Å²) < 4.78 is 0. The molecule has 1 aliphatic carbocycles. The predicted molar refractivity (Wildman–Crippen MR) is 91.3 cm³/mol. The highest BCUT2D eigenvalue weighted by Crippen LogP contribution is 2.47. The number of hydrogen-bond donors (Lipinski definition) is 1. The van der Waals surface area contributed by atoms with Gasteiger partial charge < -0.3 is 10.2 Å². The minimum absolute atomic E-state index is 0.518. The van der Waals surface area contributed by atoms with E-state index in [4.69, 9.17) is 4.98 Å². The Morgan fingerprint density at radius 2 is 1.86 bits per heavy atom. The van der Waals surface area contributed by atoms with Gasteiger partial charge in [0.05, 0.1) is 5.69 Å². The minimum atomic E-state index is 0.518. The third-order valence-corrected chi connectivity index (χ3v) is 6.49. The Balaban J connectivity index is 1.71. The second kappa shape index (κ2) is 6.25. The summed E-state index contributed by atoms with van der Waals surface area (Å²) in [5.41, 5.74) is 1.99. The fourth-order valence-corrected chi connectivity index (χ4v) is 5.30. The molecule has 1 saturated carbocycles. The summed E-state index contributed by atoms with van der Waals surface area (Å²) in [6.07, 6.45) is 8.62. The standard InChI is InChI=1S/C17H29N3S/c1-13(2)15-14(12-18-3)21-16(19-15)20-10-8-17(9-11-20)6-4-5-7-17/h13,18H,4-12H2,1-3H3. The molecule has 4 heteroatoms. The number of nitrogens with one attached hydrogen (secondary N) is 1. The van der Waals surface area contributed by atoms with Gasteiger partial charge in [0.1, 0.15) is 0 Å². The van der Waals surface area contributed by atoms with E-state index in [1.165, 1.54) is 67.3 Å². The lowest BCUT2D eigenvalue weighted by Crippen LogP contribution is -2.38. The molecule has 1 aromatic rings. The van der Waals surface area contributed by atoms with E-state index in [1.807, 2.05) is 18.4 Å². The molecule has 1 aromatic heterocycles. The molecule has 21 heavy (non-hydrogen) atoms. The molecule has 1 N–H and O–H groups in total. The summed E-state index contributed by atoms with van der Waals surface area (Å²) in [7, 11) is 2.02. The van der Waals surface area contributed by atoms with Crippen molar-refractivity contribution in [2.75, 3.05) is 25.0 Å². The van der Waals surface area contributed by atoms with Gasteiger partial charge in [-0.1, -0.05) is 26.7 Å². The van der Waals surface area contributed by atoms with Crippen molar-refractivity contribution < 1.29 is 0 Å². The predicted octanol–water partition coefficient (Wildman–Crippen LogP) is 4.15. The number of anilines is 1. The first-order chi connectivity index (χ1) is 10.1. The largest absolute Gasteiger partial charge is 0.348 e. The van der Waals surface area contributed by atoms with Gasteiger partial charge in [-0.15, -0.1) is 11.3 Å². The van der Waals surface area contributed by atoms with Gasteiger partial charge in [-0.2, -0.15) is 0 Å². The van der Waals surface area contributed by atoms with E-state index in [0.717, 1.165) is 6.54 Å². The molecule has 0 aromatic carbocycles. The van der Waals surface area contributed by atoms with Crippen molar-refractivity contribution in [1.82, 2.24) is 10.3 Å². The second-order valence-corrected chi connectivity index (χ2v) is 8.25. The lowest BCUT2D eigenvalue weighted by Gasteiger charge is -2.39. The number of rotatable bonds is 4. The Morgan fingerprint density at radius 3 is 2.43 bits per heavy atom. The zero-order valence-electron chi connectivity index (χ0n) is 13.7. The molecule has 0 unspecified atom stereocenters. The quantitative estimate of drug-likeness (QED) is 0.906. The third kappa shape index (κ3) is 3.11. The molecule has 2 fully saturated rings. The SMILES string of the molecule is CNCc1sc(N2CCC3(CCCC3)CC2)nc1C(C)C. The molecule has 0 atom stereocenters. The minimum Gasteiger partial charge on any atom is -0.348 e.